The van der Waals surface area contributed by atoms with E-state index in [0.717, 1.165) is 6.26 Å². The maximum Gasteiger partial charge on any atom is 0.316 e. The number of hydrogen-bond acceptors (Lipinski definition) is 6. The molecule has 2 aromatic carbocycles. The maximum absolute atomic E-state index is 11.6. The SMILES string of the molecule is CCOC(=O)CSc1ccc(Cl)cc1Oc1ccc(S(C)(=O)=O)cc1Cl. The highest BCUT2D eigenvalue weighted by atomic mass is 35.5. The molecule has 0 aliphatic heterocycles. The number of esters is 1. The molecule has 0 N–H and O–H groups in total. The lowest BCUT2D eigenvalue weighted by Crippen LogP contribution is -2.06. The molecule has 0 radical (unpaired) electrons. The summed E-state index contributed by atoms with van der Waals surface area (Å²) >= 11 is 13.4. The van der Waals surface area contributed by atoms with Crippen LogP contribution in [0, 0.1) is 0 Å². The number of halogens is 2. The molecule has 140 valence electrons. The zero-order chi connectivity index (χ0) is 19.3. The second-order valence-corrected chi connectivity index (χ2v) is 9.03. The molecular formula is C17H16Cl2O5S2. The Labute approximate surface area is 166 Å². The third kappa shape index (κ3) is 5.81. The van der Waals surface area contributed by atoms with Crippen LogP contribution in [0.4, 0.5) is 0 Å². The van der Waals surface area contributed by atoms with Crippen LogP contribution in [-0.2, 0) is 19.4 Å². The van der Waals surface area contributed by atoms with Gasteiger partial charge in [-0.25, -0.2) is 8.42 Å². The minimum Gasteiger partial charge on any atom is -0.465 e. The van der Waals surface area contributed by atoms with Crippen LogP contribution in [0.2, 0.25) is 10.0 Å². The van der Waals surface area contributed by atoms with Gasteiger partial charge in [0.05, 0.1) is 27.2 Å². The van der Waals surface area contributed by atoms with Gasteiger partial charge < -0.3 is 9.47 Å². The zero-order valence-corrected chi connectivity index (χ0v) is 17.1. The third-order valence-electron chi connectivity index (χ3n) is 3.11. The van der Waals surface area contributed by atoms with Crippen LogP contribution < -0.4 is 4.74 Å². The molecule has 2 rings (SSSR count). The van der Waals surface area contributed by atoms with Crippen molar-refractivity contribution in [3.63, 3.8) is 0 Å². The van der Waals surface area contributed by atoms with Gasteiger partial charge in [-0.15, -0.1) is 11.8 Å². The highest BCUT2D eigenvalue weighted by Gasteiger charge is 2.14. The molecule has 0 spiro atoms. The van der Waals surface area contributed by atoms with E-state index in [9.17, 15) is 13.2 Å². The lowest BCUT2D eigenvalue weighted by molar-refractivity contribution is -0.139. The molecule has 0 saturated heterocycles. The Morgan fingerprint density at radius 1 is 1.12 bits per heavy atom. The van der Waals surface area contributed by atoms with E-state index in [4.69, 9.17) is 32.7 Å². The van der Waals surface area contributed by atoms with Gasteiger partial charge in [-0.05, 0) is 37.3 Å². The van der Waals surface area contributed by atoms with Gasteiger partial charge in [0.25, 0.3) is 0 Å². The molecular weight excluding hydrogens is 419 g/mol. The molecule has 2 aromatic rings. The fraction of sp³-hybridized carbons (Fsp3) is 0.235. The Kier molecular flexibility index (Phi) is 7.23. The summed E-state index contributed by atoms with van der Waals surface area (Å²) in [5.74, 6) is 0.459. The van der Waals surface area contributed by atoms with Gasteiger partial charge in [0.1, 0.15) is 11.5 Å². The Balaban J connectivity index is 2.26. The van der Waals surface area contributed by atoms with Gasteiger partial charge in [0, 0.05) is 17.3 Å². The number of carbonyl (C=O) groups is 1. The molecule has 0 unspecified atom stereocenters. The van der Waals surface area contributed by atoms with Crippen molar-refractivity contribution in [2.45, 2.75) is 16.7 Å². The molecule has 0 fully saturated rings. The number of benzene rings is 2. The van der Waals surface area contributed by atoms with E-state index in [1.807, 2.05) is 0 Å². The van der Waals surface area contributed by atoms with Crippen molar-refractivity contribution < 1.29 is 22.7 Å². The fourth-order valence-corrected chi connectivity index (χ4v) is 3.79. The first-order valence-electron chi connectivity index (χ1n) is 7.46. The van der Waals surface area contributed by atoms with Crippen LogP contribution in [0.3, 0.4) is 0 Å². The number of hydrogen-bond donors (Lipinski definition) is 0. The van der Waals surface area contributed by atoms with Crippen LogP contribution in [0.15, 0.2) is 46.2 Å². The van der Waals surface area contributed by atoms with Crippen molar-refractivity contribution >= 4 is 50.8 Å². The molecule has 0 atom stereocenters. The highest BCUT2D eigenvalue weighted by molar-refractivity contribution is 8.00. The normalized spacial score (nSPS) is 11.2. The van der Waals surface area contributed by atoms with Crippen LogP contribution >= 0.6 is 35.0 Å². The Morgan fingerprint density at radius 3 is 2.46 bits per heavy atom. The van der Waals surface area contributed by atoms with Crippen LogP contribution in [0.25, 0.3) is 0 Å². The third-order valence-corrected chi connectivity index (χ3v) is 5.78. The first kappa shape index (κ1) is 20.9. The Hall–Kier alpha value is -1.41. The molecule has 0 bridgehead atoms. The number of rotatable bonds is 7. The lowest BCUT2D eigenvalue weighted by atomic mass is 10.3. The predicted octanol–water partition coefficient (Wildman–Crippen LogP) is 4.84. The van der Waals surface area contributed by atoms with Gasteiger partial charge in [0.15, 0.2) is 9.84 Å². The predicted molar refractivity (Wildman–Crippen MR) is 103 cm³/mol. The van der Waals surface area contributed by atoms with Gasteiger partial charge in [-0.3, -0.25) is 4.79 Å². The van der Waals surface area contributed by atoms with Crippen molar-refractivity contribution in [2.75, 3.05) is 18.6 Å². The minimum atomic E-state index is -3.37. The summed E-state index contributed by atoms with van der Waals surface area (Å²) in [4.78, 5) is 12.3. The van der Waals surface area contributed by atoms with E-state index in [1.165, 1.54) is 30.0 Å². The summed E-state index contributed by atoms with van der Waals surface area (Å²) in [6, 6.07) is 9.20. The topological polar surface area (TPSA) is 69.7 Å². The zero-order valence-electron chi connectivity index (χ0n) is 14.0. The number of ether oxygens (including phenoxy) is 2. The van der Waals surface area contributed by atoms with Gasteiger partial charge in [0.2, 0.25) is 0 Å². The molecule has 26 heavy (non-hydrogen) atoms. The van der Waals surface area contributed by atoms with Crippen molar-refractivity contribution in [3.05, 3.63) is 46.4 Å². The summed E-state index contributed by atoms with van der Waals surface area (Å²) in [5, 5.41) is 0.596. The van der Waals surface area contributed by atoms with Crippen LogP contribution in [0.1, 0.15) is 6.92 Å². The quantitative estimate of drug-likeness (QED) is 0.458. The smallest absolute Gasteiger partial charge is 0.316 e. The minimum absolute atomic E-state index is 0.0952. The van der Waals surface area contributed by atoms with E-state index < -0.39 is 9.84 Å². The van der Waals surface area contributed by atoms with Crippen molar-refractivity contribution in [1.29, 1.82) is 0 Å². The summed E-state index contributed by atoms with van der Waals surface area (Å²) in [7, 11) is -3.37. The van der Waals surface area contributed by atoms with Gasteiger partial charge in [-0.1, -0.05) is 23.2 Å². The molecule has 0 aliphatic carbocycles. The molecule has 0 aliphatic rings. The highest BCUT2D eigenvalue weighted by Crippen LogP contribution is 2.38. The average molecular weight is 435 g/mol. The number of sulfone groups is 1. The number of carbonyl (C=O) groups excluding carboxylic acids is 1. The molecule has 0 heterocycles. The Morgan fingerprint density at radius 2 is 1.85 bits per heavy atom. The monoisotopic (exact) mass is 434 g/mol. The van der Waals surface area contributed by atoms with Crippen molar-refractivity contribution in [2.24, 2.45) is 0 Å². The van der Waals surface area contributed by atoms with Crippen LogP contribution in [-0.4, -0.2) is 33.0 Å². The summed E-state index contributed by atoms with van der Waals surface area (Å²) in [5.41, 5.74) is 0. The molecule has 5 nitrogen and oxygen atoms in total. The molecule has 0 amide bonds. The Bertz CT molecular complexity index is 913. The van der Waals surface area contributed by atoms with Gasteiger partial charge in [-0.2, -0.15) is 0 Å². The van der Waals surface area contributed by atoms with Crippen molar-refractivity contribution in [1.82, 2.24) is 0 Å². The summed E-state index contributed by atoms with van der Waals surface area (Å²) in [6.45, 7) is 2.05. The first-order valence-corrected chi connectivity index (χ1v) is 11.1. The first-order chi connectivity index (χ1) is 12.2. The number of thioether (sulfide) groups is 1. The second kappa shape index (κ2) is 8.99. The lowest BCUT2D eigenvalue weighted by Gasteiger charge is -2.13. The van der Waals surface area contributed by atoms with Crippen molar-refractivity contribution in [3.8, 4) is 11.5 Å². The molecule has 0 aromatic heterocycles. The molecule has 9 heteroatoms. The molecule has 0 saturated carbocycles. The largest absolute Gasteiger partial charge is 0.465 e. The van der Waals surface area contributed by atoms with E-state index in [-0.39, 0.29) is 27.4 Å². The second-order valence-electron chi connectivity index (χ2n) is 5.15. The van der Waals surface area contributed by atoms with E-state index >= 15 is 0 Å². The van der Waals surface area contributed by atoms with Gasteiger partial charge >= 0.3 is 5.97 Å². The summed E-state index contributed by atoms with van der Waals surface area (Å²) in [6.07, 6.45) is 1.10. The maximum atomic E-state index is 11.6. The standard InChI is InChI=1S/C17H16Cl2O5S2/c1-3-23-17(20)10-25-16-7-4-11(18)8-15(16)24-14-6-5-12(9-13(14)19)26(2,21)22/h4-9H,3,10H2,1-2H3. The van der Waals surface area contributed by atoms with E-state index in [1.54, 1.807) is 25.1 Å². The summed E-state index contributed by atoms with van der Waals surface area (Å²) < 4.78 is 33.9. The van der Waals surface area contributed by atoms with E-state index in [0.29, 0.717) is 22.3 Å². The van der Waals surface area contributed by atoms with Crippen LogP contribution in [0.5, 0.6) is 11.5 Å². The van der Waals surface area contributed by atoms with E-state index in [2.05, 4.69) is 0 Å². The fourth-order valence-electron chi connectivity index (χ4n) is 1.93. The average Bonchev–Trinajstić information content (AvgIpc) is 2.55.